The van der Waals surface area contributed by atoms with Crippen LogP contribution in [0, 0.1) is 13.8 Å². The quantitative estimate of drug-likeness (QED) is 0.854. The van der Waals surface area contributed by atoms with E-state index >= 15 is 0 Å². The fraction of sp³-hybridized carbons (Fsp3) is 0.412. The van der Waals surface area contributed by atoms with Gasteiger partial charge in [0.2, 0.25) is 5.91 Å². The van der Waals surface area contributed by atoms with E-state index in [-0.39, 0.29) is 5.91 Å². The fourth-order valence-corrected chi connectivity index (χ4v) is 3.06. The van der Waals surface area contributed by atoms with Crippen molar-refractivity contribution >= 4 is 17.2 Å². The van der Waals surface area contributed by atoms with Crippen LogP contribution in [0.15, 0.2) is 30.3 Å². The zero-order valence-corrected chi connectivity index (χ0v) is 14.1. The average Bonchev–Trinajstić information content (AvgIpc) is 2.83. The summed E-state index contributed by atoms with van der Waals surface area (Å²) in [7, 11) is 0. The minimum absolute atomic E-state index is 0.0742. The van der Waals surface area contributed by atoms with Gasteiger partial charge in [-0.3, -0.25) is 4.79 Å². The first-order valence-electron chi connectivity index (χ1n) is 7.42. The SMILES string of the molecule is Cc1nc(C)c(CCNC(=O)C(C)OCc2ccccc2)s1. The van der Waals surface area contributed by atoms with Crippen molar-refractivity contribution in [1.82, 2.24) is 10.3 Å². The van der Waals surface area contributed by atoms with Crippen molar-refractivity contribution in [2.24, 2.45) is 0 Å². The Morgan fingerprint density at radius 3 is 2.68 bits per heavy atom. The molecule has 0 aliphatic carbocycles. The number of ether oxygens (including phenoxy) is 1. The zero-order chi connectivity index (χ0) is 15.9. The third kappa shape index (κ3) is 4.93. The smallest absolute Gasteiger partial charge is 0.248 e. The van der Waals surface area contributed by atoms with E-state index in [9.17, 15) is 4.79 Å². The second-order valence-corrected chi connectivity index (χ2v) is 6.51. The van der Waals surface area contributed by atoms with E-state index in [1.165, 1.54) is 4.88 Å². The minimum atomic E-state index is -0.454. The van der Waals surface area contributed by atoms with Gasteiger partial charge in [-0.15, -0.1) is 11.3 Å². The third-order valence-electron chi connectivity index (χ3n) is 3.36. The topological polar surface area (TPSA) is 51.2 Å². The van der Waals surface area contributed by atoms with Crippen LogP contribution in [-0.2, 0) is 22.6 Å². The van der Waals surface area contributed by atoms with E-state index in [0.29, 0.717) is 13.2 Å². The molecule has 1 N–H and O–H groups in total. The van der Waals surface area contributed by atoms with Gasteiger partial charge in [-0.1, -0.05) is 30.3 Å². The third-order valence-corrected chi connectivity index (χ3v) is 4.50. The molecule has 2 aromatic rings. The normalized spacial score (nSPS) is 12.1. The molecule has 0 spiro atoms. The Kier molecular flexibility index (Phi) is 6.10. The van der Waals surface area contributed by atoms with Crippen LogP contribution in [0.1, 0.15) is 28.1 Å². The maximum atomic E-state index is 12.0. The van der Waals surface area contributed by atoms with Crippen molar-refractivity contribution in [3.63, 3.8) is 0 Å². The van der Waals surface area contributed by atoms with E-state index in [2.05, 4.69) is 10.3 Å². The highest BCUT2D eigenvalue weighted by molar-refractivity contribution is 7.11. The second kappa shape index (κ2) is 8.06. The largest absolute Gasteiger partial charge is 0.364 e. The number of hydrogen-bond acceptors (Lipinski definition) is 4. The molecule has 4 nitrogen and oxygen atoms in total. The molecular formula is C17H22N2O2S. The molecule has 1 atom stereocenters. The lowest BCUT2D eigenvalue weighted by Gasteiger charge is -2.13. The summed E-state index contributed by atoms with van der Waals surface area (Å²) in [5.74, 6) is -0.0742. The van der Waals surface area contributed by atoms with E-state index in [0.717, 1.165) is 22.7 Å². The van der Waals surface area contributed by atoms with Crippen LogP contribution in [0.25, 0.3) is 0 Å². The standard InChI is InChI=1S/C17H22N2O2S/c1-12-16(22-14(3)19-12)9-10-18-17(20)13(2)21-11-15-7-5-4-6-8-15/h4-8,13H,9-11H2,1-3H3,(H,18,20). The summed E-state index contributed by atoms with van der Waals surface area (Å²) >= 11 is 1.69. The van der Waals surface area contributed by atoms with Gasteiger partial charge in [0, 0.05) is 17.8 Å². The molecule has 0 saturated heterocycles. The highest BCUT2D eigenvalue weighted by Crippen LogP contribution is 2.17. The highest BCUT2D eigenvalue weighted by atomic mass is 32.1. The number of benzene rings is 1. The summed E-state index contributed by atoms with van der Waals surface area (Å²) < 4.78 is 5.60. The minimum Gasteiger partial charge on any atom is -0.364 e. The predicted molar refractivity (Wildman–Crippen MR) is 89.0 cm³/mol. The van der Waals surface area contributed by atoms with Crippen molar-refractivity contribution < 1.29 is 9.53 Å². The zero-order valence-electron chi connectivity index (χ0n) is 13.3. The van der Waals surface area contributed by atoms with Crippen LogP contribution in [-0.4, -0.2) is 23.5 Å². The maximum Gasteiger partial charge on any atom is 0.248 e. The van der Waals surface area contributed by atoms with Crippen molar-refractivity contribution in [2.75, 3.05) is 6.54 Å². The number of aryl methyl sites for hydroxylation is 2. The van der Waals surface area contributed by atoms with Gasteiger partial charge < -0.3 is 10.1 Å². The molecule has 1 unspecified atom stereocenters. The van der Waals surface area contributed by atoms with Crippen LogP contribution < -0.4 is 5.32 Å². The van der Waals surface area contributed by atoms with Crippen LogP contribution in [0.3, 0.4) is 0 Å². The Balaban J connectivity index is 1.71. The Morgan fingerprint density at radius 1 is 1.32 bits per heavy atom. The van der Waals surface area contributed by atoms with Crippen LogP contribution in [0.4, 0.5) is 0 Å². The van der Waals surface area contributed by atoms with Crippen LogP contribution >= 0.6 is 11.3 Å². The van der Waals surface area contributed by atoms with Gasteiger partial charge in [-0.05, 0) is 26.3 Å². The van der Waals surface area contributed by atoms with Gasteiger partial charge in [0.1, 0.15) is 6.10 Å². The molecule has 0 radical (unpaired) electrons. The van der Waals surface area contributed by atoms with Gasteiger partial charge in [0.05, 0.1) is 17.3 Å². The molecule has 0 fully saturated rings. The summed E-state index contributed by atoms with van der Waals surface area (Å²) in [6, 6.07) is 9.85. The number of thiazole rings is 1. The van der Waals surface area contributed by atoms with Gasteiger partial charge in [0.15, 0.2) is 0 Å². The van der Waals surface area contributed by atoms with Crippen molar-refractivity contribution in [3.05, 3.63) is 51.5 Å². The molecule has 0 aliphatic heterocycles. The number of carbonyl (C=O) groups excluding carboxylic acids is 1. The lowest BCUT2D eigenvalue weighted by atomic mass is 10.2. The molecule has 0 saturated carbocycles. The Morgan fingerprint density at radius 2 is 2.05 bits per heavy atom. The predicted octanol–water partition coefficient (Wildman–Crippen LogP) is 3.02. The summed E-state index contributed by atoms with van der Waals surface area (Å²) in [6.45, 7) is 6.84. The number of rotatable bonds is 7. The molecule has 1 aromatic carbocycles. The molecule has 1 aromatic heterocycles. The molecule has 5 heteroatoms. The van der Waals surface area contributed by atoms with Crippen LogP contribution in [0.5, 0.6) is 0 Å². The number of nitrogens with zero attached hydrogens (tertiary/aromatic N) is 1. The average molecular weight is 318 g/mol. The van der Waals surface area contributed by atoms with Gasteiger partial charge in [0.25, 0.3) is 0 Å². The molecule has 1 heterocycles. The molecule has 0 aliphatic rings. The molecule has 22 heavy (non-hydrogen) atoms. The maximum absolute atomic E-state index is 12.0. The summed E-state index contributed by atoms with van der Waals surface area (Å²) in [5, 5.41) is 3.99. The van der Waals surface area contributed by atoms with Gasteiger partial charge >= 0.3 is 0 Å². The lowest BCUT2D eigenvalue weighted by molar-refractivity contribution is -0.132. The van der Waals surface area contributed by atoms with Gasteiger partial charge in [-0.25, -0.2) is 4.98 Å². The Hall–Kier alpha value is -1.72. The lowest BCUT2D eigenvalue weighted by Crippen LogP contribution is -2.35. The van der Waals surface area contributed by atoms with Crippen molar-refractivity contribution in [3.8, 4) is 0 Å². The van der Waals surface area contributed by atoms with Crippen LogP contribution in [0.2, 0.25) is 0 Å². The summed E-state index contributed by atoms with van der Waals surface area (Å²) in [4.78, 5) is 17.6. The molecule has 0 bridgehead atoms. The highest BCUT2D eigenvalue weighted by Gasteiger charge is 2.13. The first kappa shape index (κ1) is 16.6. The van der Waals surface area contributed by atoms with E-state index in [4.69, 9.17) is 4.74 Å². The van der Waals surface area contributed by atoms with Gasteiger partial charge in [-0.2, -0.15) is 0 Å². The molecule has 2 rings (SSSR count). The molecule has 118 valence electrons. The van der Waals surface area contributed by atoms with E-state index in [1.807, 2.05) is 44.2 Å². The number of nitrogens with one attached hydrogen (secondary N) is 1. The fourth-order valence-electron chi connectivity index (χ4n) is 2.12. The molecular weight excluding hydrogens is 296 g/mol. The van der Waals surface area contributed by atoms with E-state index < -0.39 is 6.10 Å². The monoisotopic (exact) mass is 318 g/mol. The van der Waals surface area contributed by atoms with Crippen molar-refractivity contribution in [2.45, 2.75) is 39.9 Å². The first-order valence-corrected chi connectivity index (χ1v) is 8.24. The number of amides is 1. The summed E-state index contributed by atoms with van der Waals surface area (Å²) in [6.07, 6.45) is 0.360. The summed E-state index contributed by atoms with van der Waals surface area (Å²) in [5.41, 5.74) is 2.13. The number of hydrogen-bond donors (Lipinski definition) is 1. The Bertz CT molecular complexity index is 610. The number of carbonyl (C=O) groups is 1. The Labute approximate surface area is 135 Å². The first-order chi connectivity index (χ1) is 10.6. The van der Waals surface area contributed by atoms with Crippen molar-refractivity contribution in [1.29, 1.82) is 0 Å². The molecule has 1 amide bonds. The second-order valence-electron chi connectivity index (χ2n) is 5.22. The number of aromatic nitrogens is 1. The van der Waals surface area contributed by atoms with E-state index in [1.54, 1.807) is 18.3 Å².